The fourth-order valence-corrected chi connectivity index (χ4v) is 1.10. The van der Waals surface area contributed by atoms with Crippen molar-refractivity contribution in [2.45, 2.75) is 19.8 Å². The van der Waals surface area contributed by atoms with Crippen LogP contribution in [0.3, 0.4) is 0 Å². The third-order valence-electron chi connectivity index (χ3n) is 1.66. The molecule has 0 radical (unpaired) electrons. The Morgan fingerprint density at radius 1 is 1.64 bits per heavy atom. The van der Waals surface area contributed by atoms with Crippen LogP contribution in [0.2, 0.25) is 0 Å². The summed E-state index contributed by atoms with van der Waals surface area (Å²) in [6.07, 6.45) is -0.585. The van der Waals surface area contributed by atoms with E-state index in [1.54, 1.807) is 7.05 Å². The summed E-state index contributed by atoms with van der Waals surface area (Å²) in [6.45, 7) is 1.84. The molecule has 0 atom stereocenters. The van der Waals surface area contributed by atoms with E-state index in [-0.39, 0.29) is 5.56 Å². The Morgan fingerprint density at radius 2 is 2.27 bits per heavy atom. The summed E-state index contributed by atoms with van der Waals surface area (Å²) in [5, 5.41) is 3.75. The van der Waals surface area contributed by atoms with Crippen LogP contribution < -0.4 is 0 Å². The van der Waals surface area contributed by atoms with Gasteiger partial charge in [0, 0.05) is 12.7 Å². The van der Waals surface area contributed by atoms with E-state index in [2.05, 4.69) is 5.10 Å². The molecule has 0 aliphatic carbocycles. The highest BCUT2D eigenvalue weighted by Gasteiger charge is 2.14. The molecule has 11 heavy (non-hydrogen) atoms. The highest BCUT2D eigenvalue weighted by molar-refractivity contribution is 5.18. The Hall–Kier alpha value is -0.930. The smallest absolute Gasteiger partial charge is 0.267 e. The lowest BCUT2D eigenvalue weighted by Crippen LogP contribution is -1.98. The predicted molar refractivity (Wildman–Crippen MR) is 37.5 cm³/mol. The van der Waals surface area contributed by atoms with E-state index in [0.29, 0.717) is 12.1 Å². The highest BCUT2D eigenvalue weighted by atomic mass is 19.3. The minimum atomic E-state index is -2.40. The summed E-state index contributed by atoms with van der Waals surface area (Å²) in [4.78, 5) is 0. The second-order valence-electron chi connectivity index (χ2n) is 2.32. The van der Waals surface area contributed by atoms with Crippen LogP contribution in [0.5, 0.6) is 0 Å². The minimum Gasteiger partial charge on any atom is -0.272 e. The van der Waals surface area contributed by atoms with Gasteiger partial charge >= 0.3 is 0 Å². The number of nitrogens with zero attached hydrogens (tertiary/aromatic N) is 2. The molecule has 0 fully saturated rings. The van der Waals surface area contributed by atoms with Gasteiger partial charge in [0.25, 0.3) is 6.43 Å². The van der Waals surface area contributed by atoms with Gasteiger partial charge in [-0.2, -0.15) is 5.10 Å². The minimum absolute atomic E-state index is 0.0509. The molecule has 1 aromatic heterocycles. The van der Waals surface area contributed by atoms with Crippen LogP contribution in [-0.2, 0) is 13.5 Å². The second-order valence-corrected chi connectivity index (χ2v) is 2.32. The lowest BCUT2D eigenvalue weighted by atomic mass is 10.2. The summed E-state index contributed by atoms with van der Waals surface area (Å²) >= 11 is 0. The first-order valence-corrected chi connectivity index (χ1v) is 3.45. The maximum atomic E-state index is 12.2. The molecular weight excluding hydrogens is 150 g/mol. The molecule has 0 spiro atoms. The Morgan fingerprint density at radius 3 is 2.64 bits per heavy atom. The quantitative estimate of drug-likeness (QED) is 0.646. The SMILES string of the molecule is CCc1c(C(F)F)cnn1C. The molecular formula is C7H10F2N2. The van der Waals surface area contributed by atoms with E-state index in [0.717, 1.165) is 0 Å². The van der Waals surface area contributed by atoms with Gasteiger partial charge in [-0.05, 0) is 6.42 Å². The van der Waals surface area contributed by atoms with Crippen molar-refractivity contribution in [2.75, 3.05) is 0 Å². The average molecular weight is 160 g/mol. The molecule has 1 aromatic rings. The molecule has 0 aliphatic rings. The lowest BCUT2D eigenvalue weighted by Gasteiger charge is -2.00. The highest BCUT2D eigenvalue weighted by Crippen LogP contribution is 2.21. The van der Waals surface area contributed by atoms with Gasteiger partial charge in [-0.3, -0.25) is 4.68 Å². The van der Waals surface area contributed by atoms with Crippen molar-refractivity contribution in [3.8, 4) is 0 Å². The molecule has 0 amide bonds. The van der Waals surface area contributed by atoms with Crippen LogP contribution >= 0.6 is 0 Å². The van der Waals surface area contributed by atoms with Gasteiger partial charge in [-0.25, -0.2) is 8.78 Å². The van der Waals surface area contributed by atoms with E-state index in [1.807, 2.05) is 6.92 Å². The molecule has 1 rings (SSSR count). The molecule has 62 valence electrons. The first-order chi connectivity index (χ1) is 5.16. The number of rotatable bonds is 2. The molecule has 0 bridgehead atoms. The Labute approximate surface area is 63.8 Å². The van der Waals surface area contributed by atoms with Gasteiger partial charge in [-0.15, -0.1) is 0 Å². The van der Waals surface area contributed by atoms with Crippen LogP contribution in [0.25, 0.3) is 0 Å². The number of aryl methyl sites for hydroxylation is 1. The summed E-state index contributed by atoms with van der Waals surface area (Å²) in [5.74, 6) is 0. The third kappa shape index (κ3) is 1.39. The molecule has 0 aliphatic heterocycles. The van der Waals surface area contributed by atoms with E-state index in [4.69, 9.17) is 0 Å². The van der Waals surface area contributed by atoms with Crippen LogP contribution in [0.1, 0.15) is 24.6 Å². The topological polar surface area (TPSA) is 17.8 Å². The Balaban J connectivity index is 3.05. The second kappa shape index (κ2) is 2.98. The van der Waals surface area contributed by atoms with Gasteiger partial charge in [-0.1, -0.05) is 6.92 Å². The normalized spacial score (nSPS) is 11.0. The van der Waals surface area contributed by atoms with Gasteiger partial charge in [0.1, 0.15) is 0 Å². The fourth-order valence-electron chi connectivity index (χ4n) is 1.10. The van der Waals surface area contributed by atoms with Crippen LogP contribution in [0, 0.1) is 0 Å². The zero-order chi connectivity index (χ0) is 8.43. The maximum absolute atomic E-state index is 12.2. The van der Waals surface area contributed by atoms with E-state index < -0.39 is 6.43 Å². The summed E-state index contributed by atoms with van der Waals surface area (Å²) in [7, 11) is 1.67. The Bertz CT molecular complexity index is 243. The molecule has 0 unspecified atom stereocenters. The number of aromatic nitrogens is 2. The standard InChI is InChI=1S/C7H10F2N2/c1-3-6-5(7(8)9)4-10-11(6)2/h4,7H,3H2,1-2H3. The number of alkyl halides is 2. The number of halogens is 2. The average Bonchev–Trinajstić information content (AvgIpc) is 2.30. The van der Waals surface area contributed by atoms with Crippen molar-refractivity contribution in [1.82, 2.24) is 9.78 Å². The molecule has 2 nitrogen and oxygen atoms in total. The van der Waals surface area contributed by atoms with Gasteiger partial charge in [0.2, 0.25) is 0 Å². The molecule has 0 saturated heterocycles. The molecule has 4 heteroatoms. The third-order valence-corrected chi connectivity index (χ3v) is 1.66. The van der Waals surface area contributed by atoms with Crippen molar-refractivity contribution in [3.05, 3.63) is 17.5 Å². The van der Waals surface area contributed by atoms with E-state index in [9.17, 15) is 8.78 Å². The van der Waals surface area contributed by atoms with Crippen molar-refractivity contribution in [1.29, 1.82) is 0 Å². The molecule has 0 aromatic carbocycles. The molecule has 0 N–H and O–H groups in total. The molecule has 1 heterocycles. The zero-order valence-electron chi connectivity index (χ0n) is 6.51. The summed E-state index contributed by atoms with van der Waals surface area (Å²) in [5.41, 5.74) is 0.662. The van der Waals surface area contributed by atoms with Gasteiger partial charge in [0.05, 0.1) is 11.8 Å². The first-order valence-electron chi connectivity index (χ1n) is 3.45. The Kier molecular flexibility index (Phi) is 2.22. The van der Waals surface area contributed by atoms with Crippen molar-refractivity contribution >= 4 is 0 Å². The van der Waals surface area contributed by atoms with Crippen molar-refractivity contribution in [3.63, 3.8) is 0 Å². The van der Waals surface area contributed by atoms with E-state index >= 15 is 0 Å². The fraction of sp³-hybridized carbons (Fsp3) is 0.571. The van der Waals surface area contributed by atoms with Crippen molar-refractivity contribution < 1.29 is 8.78 Å². The van der Waals surface area contributed by atoms with Crippen molar-refractivity contribution in [2.24, 2.45) is 7.05 Å². The maximum Gasteiger partial charge on any atom is 0.267 e. The van der Waals surface area contributed by atoms with Crippen LogP contribution in [0.15, 0.2) is 6.20 Å². The summed E-state index contributed by atoms with van der Waals surface area (Å²) in [6, 6.07) is 0. The molecule has 0 saturated carbocycles. The van der Waals surface area contributed by atoms with Crippen LogP contribution in [-0.4, -0.2) is 9.78 Å². The largest absolute Gasteiger partial charge is 0.272 e. The first kappa shape index (κ1) is 8.17. The van der Waals surface area contributed by atoms with Crippen LogP contribution in [0.4, 0.5) is 8.78 Å². The van der Waals surface area contributed by atoms with Gasteiger partial charge < -0.3 is 0 Å². The number of hydrogen-bond donors (Lipinski definition) is 0. The predicted octanol–water partition coefficient (Wildman–Crippen LogP) is 1.92. The summed E-state index contributed by atoms with van der Waals surface area (Å²) < 4.78 is 25.8. The van der Waals surface area contributed by atoms with E-state index in [1.165, 1.54) is 10.9 Å². The monoisotopic (exact) mass is 160 g/mol. The zero-order valence-corrected chi connectivity index (χ0v) is 6.51. The van der Waals surface area contributed by atoms with Gasteiger partial charge in [0.15, 0.2) is 0 Å². The lowest BCUT2D eigenvalue weighted by molar-refractivity contribution is 0.150. The number of hydrogen-bond acceptors (Lipinski definition) is 1.